The molecule has 1 aromatic heterocycles. The number of carbonyl (C=O) groups is 2. The molecule has 1 amide bonds. The Bertz CT molecular complexity index is 1470. The van der Waals surface area contributed by atoms with E-state index in [2.05, 4.69) is 9.97 Å². The zero-order valence-electron chi connectivity index (χ0n) is 19.9. The van der Waals surface area contributed by atoms with Gasteiger partial charge in [-0.2, -0.15) is 0 Å². The number of aliphatic hydroxyl groups excluding tert-OH is 1. The normalized spacial score (nSPS) is 17.2. The van der Waals surface area contributed by atoms with Crippen LogP contribution in [0.15, 0.2) is 72.3 Å². The zero-order valence-corrected chi connectivity index (χ0v) is 19.9. The third-order valence-electron chi connectivity index (χ3n) is 6.17. The molecule has 1 fully saturated rings. The highest BCUT2D eigenvalue weighted by Crippen LogP contribution is 2.42. The second-order valence-corrected chi connectivity index (χ2v) is 8.67. The molecule has 0 bridgehead atoms. The first-order valence-corrected chi connectivity index (χ1v) is 11.7. The molecule has 0 aliphatic carbocycles. The summed E-state index contributed by atoms with van der Waals surface area (Å²) in [6.07, 6.45) is 0.860. The fraction of sp³-hybridized carbons (Fsp3) is 0.179. The van der Waals surface area contributed by atoms with E-state index in [9.17, 15) is 19.8 Å². The SMILES string of the molecule is CCCOc1ccc(/C(O)=C2\C(=O)C(=O)N(c3nc4ccccc4[nH]3)C2c2ccc(O)cc2)cc1C. The van der Waals surface area contributed by atoms with Gasteiger partial charge >= 0.3 is 5.91 Å². The van der Waals surface area contributed by atoms with E-state index >= 15 is 0 Å². The maximum absolute atomic E-state index is 13.3. The number of carbonyl (C=O) groups excluding carboxylic acids is 2. The van der Waals surface area contributed by atoms with Crippen LogP contribution in [0.5, 0.6) is 11.5 Å². The smallest absolute Gasteiger partial charge is 0.302 e. The van der Waals surface area contributed by atoms with Crippen LogP contribution >= 0.6 is 0 Å². The molecule has 1 atom stereocenters. The van der Waals surface area contributed by atoms with Crippen LogP contribution in [0.2, 0.25) is 0 Å². The van der Waals surface area contributed by atoms with E-state index in [0.29, 0.717) is 34.5 Å². The standard InChI is InChI=1S/C28H25N3O5/c1-3-14-36-22-13-10-18(15-16(22)2)25(33)23-24(17-8-11-19(32)12-9-17)31(27(35)26(23)34)28-29-20-6-4-5-7-21(20)30-28/h4-13,15,24,32-33H,3,14H2,1-2H3,(H,29,30)/b25-23+. The first-order chi connectivity index (χ1) is 17.4. The Morgan fingerprint density at radius 2 is 1.83 bits per heavy atom. The number of aryl methyl sites for hydroxylation is 1. The second kappa shape index (κ2) is 9.22. The number of rotatable bonds is 6. The van der Waals surface area contributed by atoms with Crippen molar-refractivity contribution in [3.63, 3.8) is 0 Å². The average molecular weight is 484 g/mol. The van der Waals surface area contributed by atoms with Crippen LogP contribution in [0.25, 0.3) is 16.8 Å². The summed E-state index contributed by atoms with van der Waals surface area (Å²) in [5.74, 6) is -1.02. The number of ether oxygens (including phenoxy) is 1. The highest BCUT2D eigenvalue weighted by atomic mass is 16.5. The molecule has 5 rings (SSSR count). The molecule has 3 aromatic carbocycles. The van der Waals surface area contributed by atoms with Crippen LogP contribution in [-0.2, 0) is 9.59 Å². The topological polar surface area (TPSA) is 116 Å². The number of hydrogen-bond donors (Lipinski definition) is 3. The summed E-state index contributed by atoms with van der Waals surface area (Å²) in [5.41, 5.74) is 3.00. The van der Waals surface area contributed by atoms with Crippen LogP contribution in [0, 0.1) is 6.92 Å². The number of H-pyrrole nitrogens is 1. The molecule has 36 heavy (non-hydrogen) atoms. The maximum Gasteiger partial charge on any atom is 0.302 e. The number of amides is 1. The number of aromatic nitrogens is 2. The fourth-order valence-electron chi connectivity index (χ4n) is 4.40. The van der Waals surface area contributed by atoms with Crippen molar-refractivity contribution in [2.75, 3.05) is 11.5 Å². The van der Waals surface area contributed by atoms with E-state index in [0.717, 1.165) is 12.0 Å². The third kappa shape index (κ3) is 3.96. The third-order valence-corrected chi connectivity index (χ3v) is 6.17. The Morgan fingerprint density at radius 1 is 1.08 bits per heavy atom. The summed E-state index contributed by atoms with van der Waals surface area (Å²) in [6, 6.07) is 17.6. The van der Waals surface area contributed by atoms with Crippen LogP contribution in [0.3, 0.4) is 0 Å². The molecule has 3 N–H and O–H groups in total. The maximum atomic E-state index is 13.3. The highest BCUT2D eigenvalue weighted by molar-refractivity contribution is 6.51. The van der Waals surface area contributed by atoms with E-state index in [1.807, 2.05) is 32.0 Å². The van der Waals surface area contributed by atoms with Crippen molar-refractivity contribution in [3.05, 3.63) is 89.0 Å². The number of aliphatic hydroxyl groups is 1. The Balaban J connectivity index is 1.66. The van der Waals surface area contributed by atoms with Crippen molar-refractivity contribution >= 4 is 34.4 Å². The molecule has 2 heterocycles. The van der Waals surface area contributed by atoms with E-state index in [4.69, 9.17) is 4.74 Å². The van der Waals surface area contributed by atoms with Crippen LogP contribution in [0.1, 0.15) is 36.1 Å². The Labute approximate surface area is 207 Å². The average Bonchev–Trinajstić information content (AvgIpc) is 3.41. The summed E-state index contributed by atoms with van der Waals surface area (Å²) in [5, 5.41) is 21.2. The molecule has 8 heteroatoms. The molecule has 1 unspecified atom stereocenters. The van der Waals surface area contributed by atoms with Gasteiger partial charge in [-0.3, -0.25) is 14.5 Å². The molecule has 182 valence electrons. The zero-order chi connectivity index (χ0) is 25.4. The predicted octanol–water partition coefficient (Wildman–Crippen LogP) is 4.99. The summed E-state index contributed by atoms with van der Waals surface area (Å²) >= 11 is 0. The van der Waals surface area contributed by atoms with Gasteiger partial charge in [0.15, 0.2) is 0 Å². The highest BCUT2D eigenvalue weighted by Gasteiger charge is 2.48. The molecule has 4 aromatic rings. The molecule has 1 aliphatic rings. The number of phenols is 1. The van der Waals surface area contributed by atoms with Gasteiger partial charge in [-0.25, -0.2) is 4.98 Å². The molecule has 0 spiro atoms. The number of para-hydroxylation sites is 2. The molecule has 1 aliphatic heterocycles. The van der Waals surface area contributed by atoms with Crippen LogP contribution in [0.4, 0.5) is 5.95 Å². The van der Waals surface area contributed by atoms with Gasteiger partial charge in [-0.15, -0.1) is 0 Å². The molecular weight excluding hydrogens is 458 g/mol. The lowest BCUT2D eigenvalue weighted by Gasteiger charge is -2.23. The number of phenolic OH excluding ortho intramolecular Hbond substituents is 1. The summed E-state index contributed by atoms with van der Waals surface area (Å²) in [6.45, 7) is 4.43. The number of ketones is 1. The number of aromatic amines is 1. The quantitative estimate of drug-likeness (QED) is 0.202. The Kier molecular flexibility index (Phi) is 5.93. The van der Waals surface area contributed by atoms with Crippen molar-refractivity contribution < 1.29 is 24.5 Å². The van der Waals surface area contributed by atoms with Crippen molar-refractivity contribution in [3.8, 4) is 11.5 Å². The minimum absolute atomic E-state index is 0.0396. The van der Waals surface area contributed by atoms with Crippen molar-refractivity contribution in [1.82, 2.24) is 9.97 Å². The number of hydrogen-bond acceptors (Lipinski definition) is 6. The van der Waals surface area contributed by atoms with Gasteiger partial charge in [0.05, 0.1) is 29.3 Å². The second-order valence-electron chi connectivity index (χ2n) is 8.67. The van der Waals surface area contributed by atoms with Crippen LogP contribution < -0.4 is 9.64 Å². The summed E-state index contributed by atoms with van der Waals surface area (Å²) < 4.78 is 5.73. The van der Waals surface area contributed by atoms with Crippen LogP contribution in [-0.4, -0.2) is 38.5 Å². The van der Waals surface area contributed by atoms with Gasteiger partial charge in [0, 0.05) is 5.56 Å². The number of imidazole rings is 1. The first kappa shape index (κ1) is 23.2. The van der Waals surface area contributed by atoms with E-state index in [1.54, 1.807) is 36.4 Å². The monoisotopic (exact) mass is 483 g/mol. The Hall–Kier alpha value is -4.59. The van der Waals surface area contributed by atoms with Gasteiger partial charge in [0.25, 0.3) is 5.78 Å². The van der Waals surface area contributed by atoms with E-state index in [1.165, 1.54) is 17.0 Å². The van der Waals surface area contributed by atoms with Gasteiger partial charge in [-0.05, 0) is 66.9 Å². The van der Waals surface area contributed by atoms with Gasteiger partial charge in [0.2, 0.25) is 5.95 Å². The predicted molar refractivity (Wildman–Crippen MR) is 136 cm³/mol. The number of anilines is 1. The number of fused-ring (bicyclic) bond motifs is 1. The minimum atomic E-state index is -0.956. The van der Waals surface area contributed by atoms with Gasteiger partial charge in [-0.1, -0.05) is 31.2 Å². The fourth-order valence-corrected chi connectivity index (χ4v) is 4.40. The lowest BCUT2D eigenvalue weighted by molar-refractivity contribution is -0.132. The lowest BCUT2D eigenvalue weighted by Crippen LogP contribution is -2.30. The number of aromatic hydroxyl groups is 1. The van der Waals surface area contributed by atoms with Gasteiger partial charge in [0.1, 0.15) is 17.3 Å². The first-order valence-electron chi connectivity index (χ1n) is 11.7. The molecule has 0 radical (unpaired) electrons. The molecule has 1 saturated heterocycles. The van der Waals surface area contributed by atoms with Crippen molar-refractivity contribution in [2.24, 2.45) is 0 Å². The number of nitrogens with zero attached hydrogens (tertiary/aromatic N) is 2. The number of Topliss-reactive ketones (excluding diaryl/α,β-unsaturated/α-hetero) is 1. The lowest BCUT2D eigenvalue weighted by atomic mass is 9.95. The largest absolute Gasteiger partial charge is 0.508 e. The van der Waals surface area contributed by atoms with E-state index < -0.39 is 17.7 Å². The molecule has 0 saturated carbocycles. The Morgan fingerprint density at radius 3 is 2.53 bits per heavy atom. The van der Waals surface area contributed by atoms with Crippen molar-refractivity contribution in [1.29, 1.82) is 0 Å². The number of nitrogens with one attached hydrogen (secondary N) is 1. The van der Waals surface area contributed by atoms with Gasteiger partial charge < -0.3 is 19.9 Å². The summed E-state index contributed by atoms with van der Waals surface area (Å²) in [4.78, 5) is 35.5. The minimum Gasteiger partial charge on any atom is -0.508 e. The molecular formula is C28H25N3O5. The van der Waals surface area contributed by atoms with E-state index in [-0.39, 0.29) is 23.0 Å². The molecule has 8 nitrogen and oxygen atoms in total. The number of benzene rings is 3. The summed E-state index contributed by atoms with van der Waals surface area (Å²) in [7, 11) is 0. The van der Waals surface area contributed by atoms with Crippen molar-refractivity contribution in [2.45, 2.75) is 26.3 Å².